The predicted molar refractivity (Wildman–Crippen MR) is 90.6 cm³/mol. The maximum Gasteiger partial charge on any atom is 0.226 e. The minimum absolute atomic E-state index is 0.000138. The lowest BCUT2D eigenvalue weighted by Crippen LogP contribution is -2.45. The Kier molecular flexibility index (Phi) is 4.94. The van der Waals surface area contributed by atoms with E-state index < -0.39 is 0 Å². The molecule has 0 radical (unpaired) electrons. The average molecular weight is 328 g/mol. The summed E-state index contributed by atoms with van der Waals surface area (Å²) in [6.07, 6.45) is 3.77. The molecule has 1 aromatic heterocycles. The maximum absolute atomic E-state index is 12.4. The standard InChI is InChI=1S/C18H24N4O2/c1-14-5-3-4-6-16(14)18(7-9-24-10-8-18)13-19-17(23)11-15-12-20-21-22(15)2/h3-6,12H,7-11,13H2,1-2H3,(H,19,23). The normalized spacial score (nSPS) is 16.8. The minimum atomic E-state index is -0.0516. The van der Waals surface area contributed by atoms with E-state index in [9.17, 15) is 4.79 Å². The summed E-state index contributed by atoms with van der Waals surface area (Å²) in [5, 5.41) is 10.8. The van der Waals surface area contributed by atoms with Crippen LogP contribution < -0.4 is 5.32 Å². The van der Waals surface area contributed by atoms with E-state index in [4.69, 9.17) is 4.74 Å². The summed E-state index contributed by atoms with van der Waals surface area (Å²) >= 11 is 0. The van der Waals surface area contributed by atoms with E-state index in [2.05, 4.69) is 46.8 Å². The Balaban J connectivity index is 1.72. The second-order valence-electron chi connectivity index (χ2n) is 6.51. The number of aromatic nitrogens is 3. The van der Waals surface area contributed by atoms with E-state index in [-0.39, 0.29) is 11.3 Å². The van der Waals surface area contributed by atoms with Gasteiger partial charge in [-0.3, -0.25) is 9.48 Å². The van der Waals surface area contributed by atoms with Crippen LogP contribution in [0.4, 0.5) is 0 Å². The molecule has 0 aliphatic carbocycles. The quantitative estimate of drug-likeness (QED) is 0.904. The van der Waals surface area contributed by atoms with Crippen LogP contribution in [0.5, 0.6) is 0 Å². The van der Waals surface area contributed by atoms with E-state index in [1.165, 1.54) is 11.1 Å². The van der Waals surface area contributed by atoms with Gasteiger partial charge in [0, 0.05) is 32.2 Å². The van der Waals surface area contributed by atoms with Gasteiger partial charge in [-0.25, -0.2) is 0 Å². The molecule has 6 heteroatoms. The van der Waals surface area contributed by atoms with E-state index in [0.29, 0.717) is 13.0 Å². The lowest BCUT2D eigenvalue weighted by molar-refractivity contribution is -0.121. The van der Waals surface area contributed by atoms with Crippen LogP contribution in [0.25, 0.3) is 0 Å². The highest BCUT2D eigenvalue weighted by Gasteiger charge is 2.35. The molecule has 2 aromatic rings. The van der Waals surface area contributed by atoms with Crippen LogP contribution in [0.2, 0.25) is 0 Å². The third-order valence-electron chi connectivity index (χ3n) is 4.94. The highest BCUT2D eigenvalue weighted by atomic mass is 16.5. The molecule has 3 rings (SSSR count). The number of aryl methyl sites for hydroxylation is 2. The van der Waals surface area contributed by atoms with Gasteiger partial charge in [0.05, 0.1) is 18.3 Å². The third-order valence-corrected chi connectivity index (χ3v) is 4.94. The van der Waals surface area contributed by atoms with Gasteiger partial charge in [-0.15, -0.1) is 5.10 Å². The van der Waals surface area contributed by atoms with E-state index >= 15 is 0 Å². The average Bonchev–Trinajstić information content (AvgIpc) is 2.99. The van der Waals surface area contributed by atoms with Gasteiger partial charge in [-0.2, -0.15) is 0 Å². The zero-order valence-corrected chi connectivity index (χ0v) is 14.3. The van der Waals surface area contributed by atoms with Gasteiger partial charge in [0.2, 0.25) is 5.91 Å². The summed E-state index contributed by atoms with van der Waals surface area (Å²) in [5.41, 5.74) is 3.34. The molecule has 1 aliphatic heterocycles. The van der Waals surface area contributed by atoms with Gasteiger partial charge in [-0.1, -0.05) is 29.5 Å². The number of hydrogen-bond donors (Lipinski definition) is 1. The SMILES string of the molecule is Cc1ccccc1C1(CNC(=O)Cc2cnnn2C)CCOCC1. The van der Waals surface area contributed by atoms with Gasteiger partial charge in [0.1, 0.15) is 0 Å². The van der Waals surface area contributed by atoms with Crippen molar-refractivity contribution in [2.75, 3.05) is 19.8 Å². The van der Waals surface area contributed by atoms with Crippen molar-refractivity contribution in [3.05, 3.63) is 47.3 Å². The smallest absolute Gasteiger partial charge is 0.226 e. The van der Waals surface area contributed by atoms with Crippen LogP contribution >= 0.6 is 0 Å². The molecule has 0 spiro atoms. The second-order valence-corrected chi connectivity index (χ2v) is 6.51. The minimum Gasteiger partial charge on any atom is -0.381 e. The summed E-state index contributed by atoms with van der Waals surface area (Å²) in [7, 11) is 1.79. The van der Waals surface area contributed by atoms with Crippen molar-refractivity contribution in [2.24, 2.45) is 7.05 Å². The van der Waals surface area contributed by atoms with Crippen molar-refractivity contribution in [1.82, 2.24) is 20.3 Å². The maximum atomic E-state index is 12.4. The Bertz CT molecular complexity index is 705. The molecule has 1 fully saturated rings. The summed E-state index contributed by atoms with van der Waals surface area (Å²) < 4.78 is 7.19. The molecule has 0 unspecified atom stereocenters. The monoisotopic (exact) mass is 328 g/mol. The van der Waals surface area contributed by atoms with Crippen LogP contribution in [0.1, 0.15) is 29.7 Å². The number of nitrogens with one attached hydrogen (secondary N) is 1. The van der Waals surface area contributed by atoms with Gasteiger partial charge >= 0.3 is 0 Å². The van der Waals surface area contributed by atoms with Crippen molar-refractivity contribution in [1.29, 1.82) is 0 Å². The molecule has 0 atom stereocenters. The summed E-state index contributed by atoms with van der Waals surface area (Å²) in [5.74, 6) is -0.000138. The van der Waals surface area contributed by atoms with Crippen molar-refractivity contribution in [3.63, 3.8) is 0 Å². The molecule has 24 heavy (non-hydrogen) atoms. The molecule has 0 bridgehead atoms. The van der Waals surface area contributed by atoms with Gasteiger partial charge in [-0.05, 0) is 30.9 Å². The number of carbonyl (C=O) groups is 1. The van der Waals surface area contributed by atoms with Crippen molar-refractivity contribution < 1.29 is 9.53 Å². The molecule has 1 N–H and O–H groups in total. The first-order valence-electron chi connectivity index (χ1n) is 8.35. The first kappa shape index (κ1) is 16.6. The number of hydrogen-bond acceptors (Lipinski definition) is 4. The lowest BCUT2D eigenvalue weighted by atomic mass is 9.72. The number of carbonyl (C=O) groups excluding carboxylic acids is 1. The highest BCUT2D eigenvalue weighted by molar-refractivity contribution is 5.78. The van der Waals surface area contributed by atoms with Gasteiger partial charge in [0.25, 0.3) is 0 Å². The van der Waals surface area contributed by atoms with Gasteiger partial charge in [0.15, 0.2) is 0 Å². The Hall–Kier alpha value is -2.21. The number of ether oxygens (including phenoxy) is 1. The summed E-state index contributed by atoms with van der Waals surface area (Å²) in [4.78, 5) is 12.4. The molecule has 1 aromatic carbocycles. The Labute approximate surface area is 142 Å². The summed E-state index contributed by atoms with van der Waals surface area (Å²) in [6.45, 7) is 4.23. The molecule has 1 amide bonds. The molecular formula is C18H24N4O2. The zero-order valence-electron chi connectivity index (χ0n) is 14.3. The van der Waals surface area contributed by atoms with Crippen molar-refractivity contribution in [3.8, 4) is 0 Å². The van der Waals surface area contributed by atoms with Crippen LogP contribution in [0.15, 0.2) is 30.5 Å². The van der Waals surface area contributed by atoms with E-state index in [0.717, 1.165) is 31.7 Å². The fourth-order valence-electron chi connectivity index (χ4n) is 3.44. The number of amides is 1. The number of rotatable bonds is 5. The third kappa shape index (κ3) is 3.48. The fraction of sp³-hybridized carbons (Fsp3) is 0.500. The largest absolute Gasteiger partial charge is 0.381 e. The van der Waals surface area contributed by atoms with Crippen molar-refractivity contribution in [2.45, 2.75) is 31.6 Å². The molecular weight excluding hydrogens is 304 g/mol. The Morgan fingerprint density at radius 3 is 2.75 bits per heavy atom. The predicted octanol–water partition coefficient (Wildman–Crippen LogP) is 1.53. The summed E-state index contributed by atoms with van der Waals surface area (Å²) in [6, 6.07) is 8.44. The molecule has 128 valence electrons. The Morgan fingerprint density at radius 1 is 1.33 bits per heavy atom. The lowest BCUT2D eigenvalue weighted by Gasteiger charge is -2.39. The molecule has 0 saturated carbocycles. The first-order valence-corrected chi connectivity index (χ1v) is 8.35. The molecule has 6 nitrogen and oxygen atoms in total. The molecule has 1 saturated heterocycles. The van der Waals surface area contributed by atoms with E-state index in [1.807, 2.05) is 0 Å². The van der Waals surface area contributed by atoms with Gasteiger partial charge < -0.3 is 10.1 Å². The molecule has 2 heterocycles. The number of nitrogens with zero attached hydrogens (tertiary/aromatic N) is 3. The number of benzene rings is 1. The molecule has 1 aliphatic rings. The zero-order chi connectivity index (χ0) is 17.0. The van der Waals surface area contributed by atoms with Crippen LogP contribution in [-0.4, -0.2) is 40.7 Å². The first-order chi connectivity index (χ1) is 11.6. The topological polar surface area (TPSA) is 69.0 Å². The van der Waals surface area contributed by atoms with Crippen LogP contribution in [-0.2, 0) is 28.4 Å². The Morgan fingerprint density at radius 2 is 2.08 bits per heavy atom. The van der Waals surface area contributed by atoms with E-state index in [1.54, 1.807) is 17.9 Å². The second kappa shape index (κ2) is 7.13. The fourth-order valence-corrected chi connectivity index (χ4v) is 3.44. The highest BCUT2D eigenvalue weighted by Crippen LogP contribution is 2.36. The van der Waals surface area contributed by atoms with Crippen molar-refractivity contribution >= 4 is 5.91 Å². The van der Waals surface area contributed by atoms with Crippen LogP contribution in [0, 0.1) is 6.92 Å². The van der Waals surface area contributed by atoms with Crippen LogP contribution in [0.3, 0.4) is 0 Å².